The molecule has 1 amide bonds. The van der Waals surface area contributed by atoms with Gasteiger partial charge in [-0.05, 0) is 6.92 Å². The molecule has 1 heterocycles. The maximum Gasteiger partial charge on any atom is 0.413 e. The van der Waals surface area contributed by atoms with Crippen molar-refractivity contribution < 1.29 is 18.0 Å². The number of allylic oxidation sites excluding steroid dienone is 1. The van der Waals surface area contributed by atoms with E-state index < -0.39 is 17.7 Å². The lowest BCUT2D eigenvalue weighted by molar-refractivity contribution is -0.115. The third-order valence-corrected chi connectivity index (χ3v) is 2.23. The Morgan fingerprint density at radius 2 is 2.17 bits per heavy atom. The molecule has 0 aromatic heterocycles. The Hall–Kier alpha value is -0.780. The molecule has 0 fully saturated rings. The van der Waals surface area contributed by atoms with Crippen molar-refractivity contribution in [2.45, 2.75) is 13.1 Å². The van der Waals surface area contributed by atoms with Gasteiger partial charge in [0.05, 0.1) is 10.5 Å². The lowest BCUT2D eigenvalue weighted by Gasteiger charge is -2.07. The Morgan fingerprint density at radius 3 is 2.50 bits per heavy atom. The average molecular weight is 195 g/mol. The number of aliphatic imine (C=N–C) groups is 1. The van der Waals surface area contributed by atoms with Gasteiger partial charge in [-0.2, -0.15) is 13.2 Å². The zero-order valence-corrected chi connectivity index (χ0v) is 6.79. The van der Waals surface area contributed by atoms with Crippen LogP contribution < -0.4 is 0 Å². The summed E-state index contributed by atoms with van der Waals surface area (Å²) in [6.45, 7) is 0.870. The van der Waals surface area contributed by atoms with Crippen LogP contribution in [0.25, 0.3) is 0 Å². The normalized spacial score (nSPS) is 21.8. The van der Waals surface area contributed by atoms with E-state index >= 15 is 0 Å². The zero-order valence-electron chi connectivity index (χ0n) is 5.97. The van der Waals surface area contributed by atoms with E-state index in [1.54, 1.807) is 0 Å². The molecule has 6 heteroatoms. The molecular formula is C6H4F3NOS. The highest BCUT2D eigenvalue weighted by atomic mass is 32.2. The van der Waals surface area contributed by atoms with Gasteiger partial charge in [-0.1, -0.05) is 11.8 Å². The Balaban J connectivity index is 3.00. The molecule has 0 spiro atoms. The van der Waals surface area contributed by atoms with Gasteiger partial charge in [0.2, 0.25) is 0 Å². The maximum absolute atomic E-state index is 12.0. The number of thioether (sulfide) groups is 1. The number of hydrogen-bond acceptors (Lipinski definition) is 2. The third-order valence-electron chi connectivity index (χ3n) is 1.30. The molecule has 0 unspecified atom stereocenters. The maximum atomic E-state index is 12.0. The number of halogens is 3. The van der Waals surface area contributed by atoms with Crippen molar-refractivity contribution >= 4 is 23.2 Å². The van der Waals surface area contributed by atoms with Crippen LogP contribution >= 0.6 is 11.8 Å². The van der Waals surface area contributed by atoms with Gasteiger partial charge in [0.15, 0.2) is 0 Å². The summed E-state index contributed by atoms with van der Waals surface area (Å²) in [5.74, 6) is -0.810. The summed E-state index contributed by atoms with van der Waals surface area (Å²) < 4.78 is 36.0. The second kappa shape index (κ2) is 2.93. The van der Waals surface area contributed by atoms with Gasteiger partial charge in [-0.15, -0.1) is 0 Å². The van der Waals surface area contributed by atoms with Gasteiger partial charge in [0.1, 0.15) is 0 Å². The first-order chi connectivity index (χ1) is 5.43. The van der Waals surface area contributed by atoms with Crippen LogP contribution in [0.4, 0.5) is 13.2 Å². The summed E-state index contributed by atoms with van der Waals surface area (Å²) in [6.07, 6.45) is -4.44. The molecule has 0 saturated carbocycles. The second-order valence-corrected chi connectivity index (χ2v) is 2.96. The number of carbonyl (C=O) groups is 1. The molecule has 0 N–H and O–H groups in total. The molecule has 0 atom stereocenters. The summed E-state index contributed by atoms with van der Waals surface area (Å²) in [5.41, 5.74) is 0.224. The van der Waals surface area contributed by atoms with Gasteiger partial charge >= 0.3 is 6.18 Å². The van der Waals surface area contributed by atoms with Gasteiger partial charge in [0, 0.05) is 5.57 Å². The van der Waals surface area contributed by atoms with E-state index in [-0.39, 0.29) is 4.91 Å². The van der Waals surface area contributed by atoms with Gasteiger partial charge in [-0.3, -0.25) is 4.79 Å². The number of nitrogens with zero attached hydrogens (tertiary/aromatic N) is 1. The number of hydrogen-bond donors (Lipinski definition) is 0. The van der Waals surface area contributed by atoms with Crippen molar-refractivity contribution in [3.63, 3.8) is 0 Å². The fraction of sp³-hybridized carbons (Fsp3) is 0.333. The van der Waals surface area contributed by atoms with Gasteiger partial charge < -0.3 is 0 Å². The highest BCUT2D eigenvalue weighted by Gasteiger charge is 2.35. The minimum atomic E-state index is -4.44. The molecule has 0 saturated heterocycles. The van der Waals surface area contributed by atoms with Crippen LogP contribution in [0.1, 0.15) is 6.92 Å². The summed E-state index contributed by atoms with van der Waals surface area (Å²) >= 11 is 0.704. The Labute approximate surface area is 70.5 Å². The van der Waals surface area contributed by atoms with Crippen LogP contribution in [0.2, 0.25) is 0 Å². The summed E-state index contributed by atoms with van der Waals surface area (Å²) in [6, 6.07) is 0. The SMILES string of the molecule is C/C(=C1/SC=NC1=O)C(F)(F)F. The molecule has 66 valence electrons. The van der Waals surface area contributed by atoms with E-state index in [4.69, 9.17) is 0 Å². The molecule has 1 rings (SSSR count). The van der Waals surface area contributed by atoms with E-state index in [9.17, 15) is 18.0 Å². The molecule has 1 aliphatic rings. The average Bonchev–Trinajstić information content (AvgIpc) is 2.31. The fourth-order valence-corrected chi connectivity index (χ4v) is 1.31. The minimum Gasteiger partial charge on any atom is -0.266 e. The standard InChI is InChI=1S/C6H4F3NOS/c1-3(6(7,8)9)4-5(11)10-2-12-4/h2H,1H3/b4-3-. The van der Waals surface area contributed by atoms with E-state index in [0.717, 1.165) is 12.5 Å². The van der Waals surface area contributed by atoms with E-state index in [2.05, 4.69) is 4.99 Å². The number of carbonyl (C=O) groups excluding carboxylic acids is 1. The predicted octanol–water partition coefficient (Wildman–Crippen LogP) is 2.12. The van der Waals surface area contributed by atoms with Crippen LogP contribution in [-0.2, 0) is 4.79 Å². The first-order valence-electron chi connectivity index (χ1n) is 2.94. The van der Waals surface area contributed by atoms with Crippen LogP contribution in [0.5, 0.6) is 0 Å². The number of alkyl halides is 3. The highest BCUT2D eigenvalue weighted by molar-refractivity contribution is 8.16. The molecule has 12 heavy (non-hydrogen) atoms. The first kappa shape index (κ1) is 9.31. The fourth-order valence-electron chi connectivity index (χ4n) is 0.613. The van der Waals surface area contributed by atoms with Crippen LogP contribution in [0.15, 0.2) is 15.5 Å². The molecule has 0 radical (unpaired) electrons. The van der Waals surface area contributed by atoms with E-state index in [0.29, 0.717) is 11.8 Å². The minimum absolute atomic E-state index is 0.331. The Kier molecular flexibility index (Phi) is 2.27. The Bertz CT molecular complexity index is 279. The van der Waals surface area contributed by atoms with E-state index in [1.807, 2.05) is 0 Å². The van der Waals surface area contributed by atoms with Crippen LogP contribution in [0, 0.1) is 0 Å². The Morgan fingerprint density at radius 1 is 1.58 bits per heavy atom. The summed E-state index contributed by atoms with van der Waals surface area (Å²) in [7, 11) is 0. The number of rotatable bonds is 0. The van der Waals surface area contributed by atoms with Gasteiger partial charge in [0.25, 0.3) is 5.91 Å². The van der Waals surface area contributed by atoms with Crippen LogP contribution in [0.3, 0.4) is 0 Å². The van der Waals surface area contributed by atoms with Gasteiger partial charge in [-0.25, -0.2) is 4.99 Å². The van der Waals surface area contributed by atoms with Crippen molar-refractivity contribution in [3.05, 3.63) is 10.5 Å². The van der Waals surface area contributed by atoms with E-state index in [1.165, 1.54) is 0 Å². The van der Waals surface area contributed by atoms with Crippen molar-refractivity contribution in [1.82, 2.24) is 0 Å². The monoisotopic (exact) mass is 195 g/mol. The zero-order chi connectivity index (χ0) is 9.35. The molecular weight excluding hydrogens is 191 g/mol. The number of amides is 1. The second-order valence-electron chi connectivity index (χ2n) is 2.11. The van der Waals surface area contributed by atoms with Crippen molar-refractivity contribution in [2.75, 3.05) is 0 Å². The summed E-state index contributed by atoms with van der Waals surface area (Å²) in [4.78, 5) is 13.5. The first-order valence-corrected chi connectivity index (χ1v) is 3.82. The van der Waals surface area contributed by atoms with Crippen molar-refractivity contribution in [3.8, 4) is 0 Å². The third kappa shape index (κ3) is 1.69. The molecule has 0 bridgehead atoms. The quantitative estimate of drug-likeness (QED) is 0.554. The lowest BCUT2D eigenvalue weighted by Crippen LogP contribution is -2.12. The molecule has 0 aromatic rings. The largest absolute Gasteiger partial charge is 0.413 e. The molecule has 2 nitrogen and oxygen atoms in total. The van der Waals surface area contributed by atoms with Crippen molar-refractivity contribution in [1.29, 1.82) is 0 Å². The highest BCUT2D eigenvalue weighted by Crippen LogP contribution is 2.34. The molecule has 0 aliphatic carbocycles. The van der Waals surface area contributed by atoms with Crippen molar-refractivity contribution in [2.24, 2.45) is 4.99 Å². The van der Waals surface area contributed by atoms with Crippen LogP contribution in [-0.4, -0.2) is 17.6 Å². The smallest absolute Gasteiger partial charge is 0.266 e. The summed E-state index contributed by atoms with van der Waals surface area (Å²) in [5, 5.41) is 0. The lowest BCUT2D eigenvalue weighted by atomic mass is 10.2. The topological polar surface area (TPSA) is 29.4 Å². The molecule has 0 aromatic carbocycles. The predicted molar refractivity (Wildman–Crippen MR) is 39.8 cm³/mol. The molecule has 1 aliphatic heterocycles.